The number of aliphatic hydroxyl groups is 3. The van der Waals surface area contributed by atoms with Crippen molar-refractivity contribution in [3.63, 3.8) is 0 Å². The van der Waals surface area contributed by atoms with Crippen molar-refractivity contribution < 1.29 is 41.5 Å². The monoisotopic (exact) mass is 349 g/mol. The first kappa shape index (κ1) is 27.6. The second-order valence-electron chi connectivity index (χ2n) is 4.75. The first-order valence-electron chi connectivity index (χ1n) is 6.37. The fourth-order valence-corrected chi connectivity index (χ4v) is 0.515. The Labute approximate surface area is 138 Å². The van der Waals surface area contributed by atoms with Crippen LogP contribution in [0, 0.1) is 6.08 Å². The van der Waals surface area contributed by atoms with E-state index >= 15 is 0 Å². The van der Waals surface area contributed by atoms with E-state index in [1.54, 1.807) is 41.5 Å². The van der Waals surface area contributed by atoms with Gasteiger partial charge in [-0.25, -0.2) is 11.6 Å². The van der Waals surface area contributed by atoms with Crippen molar-refractivity contribution in [1.82, 2.24) is 0 Å². The minimum absolute atomic E-state index is 0. The van der Waals surface area contributed by atoms with E-state index in [1.807, 2.05) is 0 Å². The van der Waals surface area contributed by atoms with Gasteiger partial charge in [0.15, 0.2) is 0 Å². The minimum Gasteiger partial charge on any atom is -0.394 e. The van der Waals surface area contributed by atoms with E-state index in [4.69, 9.17) is 15.3 Å². The molecule has 0 bridgehead atoms. The van der Waals surface area contributed by atoms with Crippen LogP contribution in [-0.4, -0.2) is 33.6 Å². The van der Waals surface area contributed by atoms with Crippen LogP contribution in [0.15, 0.2) is 17.7 Å². The van der Waals surface area contributed by atoms with Crippen LogP contribution >= 0.6 is 0 Å². The number of hydrogen-bond donors (Lipinski definition) is 3. The van der Waals surface area contributed by atoms with Crippen LogP contribution in [0.2, 0.25) is 0 Å². The van der Waals surface area contributed by atoms with Gasteiger partial charge in [-0.3, -0.25) is 6.08 Å². The average molecular weight is 351 g/mol. The summed E-state index contributed by atoms with van der Waals surface area (Å²) >= 11 is 0. The molecule has 3 nitrogen and oxygen atoms in total. The molecule has 1 rings (SSSR count). The number of aliphatic hydroxyl groups excluding tert-OH is 3. The van der Waals surface area contributed by atoms with Crippen LogP contribution in [0.4, 0.5) is 0 Å². The SMILES string of the molecule is CC(C)O.CC(C)O.CC(C)O.CC1=[C-]CC=C1.[Zr]. The molecule has 0 aromatic rings. The molecule has 0 radical (unpaired) electrons. The Kier molecular flexibility index (Phi) is 29.8. The van der Waals surface area contributed by atoms with Crippen molar-refractivity contribution in [2.24, 2.45) is 0 Å². The molecule has 0 aromatic heterocycles. The molecule has 0 fully saturated rings. The molecule has 4 heteroatoms. The van der Waals surface area contributed by atoms with E-state index in [9.17, 15) is 0 Å². The van der Waals surface area contributed by atoms with E-state index in [-0.39, 0.29) is 44.5 Å². The average Bonchev–Trinajstić information content (AvgIpc) is 2.51. The van der Waals surface area contributed by atoms with Crippen LogP contribution < -0.4 is 0 Å². The smallest absolute Gasteiger partial charge is 0.0483 e. The molecule has 0 saturated heterocycles. The maximum atomic E-state index is 8.06. The van der Waals surface area contributed by atoms with Crippen molar-refractivity contribution in [3.8, 4) is 0 Å². The molecule has 0 aliphatic heterocycles. The van der Waals surface area contributed by atoms with Gasteiger partial charge in [0.1, 0.15) is 0 Å². The van der Waals surface area contributed by atoms with Gasteiger partial charge in [-0.05, 0) is 41.5 Å². The molecule has 1 aliphatic carbocycles. The van der Waals surface area contributed by atoms with Gasteiger partial charge >= 0.3 is 0 Å². The third-order valence-corrected chi connectivity index (χ3v) is 0.867. The maximum absolute atomic E-state index is 8.06. The third-order valence-electron chi connectivity index (χ3n) is 0.867. The summed E-state index contributed by atoms with van der Waals surface area (Å²) in [4.78, 5) is 0. The van der Waals surface area contributed by atoms with E-state index in [1.165, 1.54) is 5.57 Å². The zero-order valence-electron chi connectivity index (χ0n) is 13.4. The first-order valence-corrected chi connectivity index (χ1v) is 6.37. The Morgan fingerprint density at radius 3 is 1.21 bits per heavy atom. The zero-order chi connectivity index (χ0) is 15.1. The standard InChI is InChI=1S/C6H7.3C3H8O.Zr/c1-6-4-2-3-5-6;3*1-3(2)4;/h2,4H,3H2,1H3;3*3-4H,1-2H3;/q-1;;;;. The predicted octanol–water partition coefficient (Wildman–Crippen LogP) is 2.85. The molecule has 0 heterocycles. The molecule has 0 amide bonds. The van der Waals surface area contributed by atoms with Crippen LogP contribution in [-0.2, 0) is 26.2 Å². The van der Waals surface area contributed by atoms with E-state index in [0.717, 1.165) is 6.42 Å². The number of rotatable bonds is 0. The van der Waals surface area contributed by atoms with Gasteiger partial charge < -0.3 is 15.3 Å². The Balaban J connectivity index is -0.0000000796. The summed E-state index contributed by atoms with van der Waals surface area (Å²) in [6, 6.07) is 0. The Morgan fingerprint density at radius 2 is 1.16 bits per heavy atom. The van der Waals surface area contributed by atoms with Gasteiger partial charge in [0, 0.05) is 44.5 Å². The van der Waals surface area contributed by atoms with Gasteiger partial charge in [-0.15, -0.1) is 6.42 Å². The maximum Gasteiger partial charge on any atom is 0.0483 e. The summed E-state index contributed by atoms with van der Waals surface area (Å²) in [6.07, 6.45) is 7.83. The van der Waals surface area contributed by atoms with Crippen LogP contribution in [0.1, 0.15) is 54.9 Å². The van der Waals surface area contributed by atoms with Crippen molar-refractivity contribution in [2.45, 2.75) is 73.2 Å². The van der Waals surface area contributed by atoms with E-state index < -0.39 is 0 Å². The molecule has 0 spiro atoms. The number of hydrogen-bond acceptors (Lipinski definition) is 3. The third kappa shape index (κ3) is 91.7. The van der Waals surface area contributed by atoms with Gasteiger partial charge in [-0.1, -0.05) is 6.92 Å². The first-order chi connectivity index (χ1) is 8.09. The summed E-state index contributed by atoms with van der Waals surface area (Å²) in [5.74, 6) is 0. The fraction of sp³-hybridized carbons (Fsp3) is 0.733. The van der Waals surface area contributed by atoms with Crippen molar-refractivity contribution in [3.05, 3.63) is 23.8 Å². The fourth-order valence-electron chi connectivity index (χ4n) is 0.515. The summed E-state index contributed by atoms with van der Waals surface area (Å²) in [5.41, 5.74) is 1.27. The van der Waals surface area contributed by atoms with E-state index in [2.05, 4.69) is 25.2 Å². The van der Waals surface area contributed by atoms with Gasteiger partial charge in [0.05, 0.1) is 0 Å². The molecule has 0 saturated carbocycles. The summed E-state index contributed by atoms with van der Waals surface area (Å²) in [7, 11) is 0. The minimum atomic E-state index is -0.167. The predicted molar refractivity (Wildman–Crippen MR) is 78.3 cm³/mol. The summed E-state index contributed by atoms with van der Waals surface area (Å²) in [5, 5.41) is 24.2. The van der Waals surface area contributed by atoms with Crippen molar-refractivity contribution >= 4 is 0 Å². The Hall–Kier alpha value is 0.243. The van der Waals surface area contributed by atoms with Crippen LogP contribution in [0.3, 0.4) is 0 Å². The van der Waals surface area contributed by atoms with Crippen molar-refractivity contribution in [1.29, 1.82) is 0 Å². The van der Waals surface area contributed by atoms with Crippen LogP contribution in [0.25, 0.3) is 0 Å². The zero-order valence-corrected chi connectivity index (χ0v) is 15.9. The second-order valence-corrected chi connectivity index (χ2v) is 4.75. The Bertz CT molecular complexity index is 184. The molecule has 3 N–H and O–H groups in total. The molecule has 114 valence electrons. The largest absolute Gasteiger partial charge is 0.394 e. The number of allylic oxidation sites excluding steroid dienone is 4. The van der Waals surface area contributed by atoms with Gasteiger partial charge in [-0.2, -0.15) is 6.08 Å². The topological polar surface area (TPSA) is 60.7 Å². The molecule has 1 aliphatic rings. The molecular weight excluding hydrogens is 319 g/mol. The van der Waals surface area contributed by atoms with E-state index in [0.29, 0.717) is 0 Å². The quantitative estimate of drug-likeness (QED) is 0.589. The normalized spacial score (nSPS) is 11.5. The van der Waals surface area contributed by atoms with Gasteiger partial charge in [0.2, 0.25) is 0 Å². The molecule has 0 atom stereocenters. The van der Waals surface area contributed by atoms with Crippen molar-refractivity contribution in [2.75, 3.05) is 0 Å². The molecule has 19 heavy (non-hydrogen) atoms. The molecular formula is C15H31O3Zr-. The second kappa shape index (κ2) is 20.6. The summed E-state index contributed by atoms with van der Waals surface area (Å²) < 4.78 is 0. The molecule has 0 unspecified atom stereocenters. The summed E-state index contributed by atoms with van der Waals surface area (Å²) in [6.45, 7) is 12.4. The van der Waals surface area contributed by atoms with Gasteiger partial charge in [0.25, 0.3) is 0 Å². The van der Waals surface area contributed by atoms with Crippen LogP contribution in [0.5, 0.6) is 0 Å². The molecule has 0 aromatic carbocycles. The Morgan fingerprint density at radius 1 is 0.895 bits per heavy atom.